The Balaban J connectivity index is 0.00000320. The highest BCUT2D eigenvalue weighted by molar-refractivity contribution is 6.20. The largest absolute Gasteiger partial charge is 1.00 e. The van der Waals surface area contributed by atoms with E-state index in [9.17, 15) is 24.6 Å². The van der Waals surface area contributed by atoms with Crippen LogP contribution in [0.15, 0.2) is 45.1 Å². The first-order valence-corrected chi connectivity index (χ1v) is 11.6. The molecule has 1 spiro atoms. The summed E-state index contributed by atoms with van der Waals surface area (Å²) in [6, 6.07) is 1.06. The van der Waals surface area contributed by atoms with Crippen LogP contribution in [-0.2, 0) is 11.3 Å². The molecule has 0 aliphatic carbocycles. The Kier molecular flexibility index (Phi) is 6.59. The van der Waals surface area contributed by atoms with Crippen LogP contribution in [0.3, 0.4) is 0 Å². The van der Waals surface area contributed by atoms with Crippen molar-refractivity contribution < 1.29 is 41.2 Å². The number of carboxylic acid groups (broad SMARTS) is 2. The molecule has 5 heterocycles. The van der Waals surface area contributed by atoms with Crippen LogP contribution in [0.4, 0.5) is 10.2 Å². The molecule has 3 aliphatic rings. The lowest BCUT2D eigenvalue weighted by molar-refractivity contribution is -0.935. The number of aliphatic carboxylic acids is 1. The number of hydrogen-bond donors (Lipinski definition) is 2. The first-order valence-electron chi connectivity index (χ1n) is 11.6. The van der Waals surface area contributed by atoms with Crippen molar-refractivity contribution >= 4 is 34.6 Å². The van der Waals surface area contributed by atoms with Crippen molar-refractivity contribution in [1.82, 2.24) is 14.5 Å². The number of carbonyl (C=O) groups is 2. The minimum absolute atomic E-state index is 0. The number of halogens is 2. The summed E-state index contributed by atoms with van der Waals surface area (Å²) in [5.74, 6) is -2.55. The van der Waals surface area contributed by atoms with E-state index in [1.54, 1.807) is 18.7 Å². The summed E-state index contributed by atoms with van der Waals surface area (Å²) in [6.07, 6.45) is 3.08. The van der Waals surface area contributed by atoms with Gasteiger partial charge in [-0.25, -0.2) is 19.0 Å². The van der Waals surface area contributed by atoms with Crippen molar-refractivity contribution in [3.63, 3.8) is 0 Å². The summed E-state index contributed by atoms with van der Waals surface area (Å²) in [5.41, 5.74) is 0.803. The molecule has 11 nitrogen and oxygen atoms in total. The van der Waals surface area contributed by atoms with E-state index in [4.69, 9.17) is 5.10 Å². The van der Waals surface area contributed by atoms with Gasteiger partial charge in [0.1, 0.15) is 29.9 Å². The van der Waals surface area contributed by atoms with E-state index in [0.717, 1.165) is 11.8 Å². The standard InChI is InChI=1S/C24H25FN6O5.ClH/c1-4-28-11-16(23(33)34)19(32)15-10-17(25)21(26-20(15)28)29-5-7-31(8-6-29)12-30-14(3)9-13(2)18(24(35)36)22(30)27-31;/h9-11H,4-8,12H2,1-3H3,(H-,33,34,35,36);1H. The number of allylic oxidation sites excluding steroid dienone is 3. The van der Waals surface area contributed by atoms with Crippen molar-refractivity contribution in [1.29, 1.82) is 0 Å². The Morgan fingerprint density at radius 2 is 1.84 bits per heavy atom. The molecule has 5 rings (SSSR count). The van der Waals surface area contributed by atoms with Crippen molar-refractivity contribution in [2.45, 2.75) is 27.3 Å². The highest BCUT2D eigenvalue weighted by atomic mass is 35.5. The van der Waals surface area contributed by atoms with Crippen LogP contribution >= 0.6 is 0 Å². The molecule has 0 amide bonds. The van der Waals surface area contributed by atoms with Crippen molar-refractivity contribution in [3.8, 4) is 0 Å². The smallest absolute Gasteiger partial charge is 0.341 e. The highest BCUT2D eigenvalue weighted by Crippen LogP contribution is 2.33. The zero-order valence-electron chi connectivity index (χ0n) is 20.5. The fourth-order valence-electron chi connectivity index (χ4n) is 5.17. The first-order chi connectivity index (χ1) is 17.0. The summed E-state index contributed by atoms with van der Waals surface area (Å²) in [5, 5.41) is 23.8. The normalized spacial score (nSPS) is 18.5. The van der Waals surface area contributed by atoms with E-state index >= 15 is 4.39 Å². The van der Waals surface area contributed by atoms with Gasteiger partial charge in [0.25, 0.3) is 0 Å². The third-order valence-corrected chi connectivity index (χ3v) is 7.08. The van der Waals surface area contributed by atoms with E-state index in [1.165, 1.54) is 10.8 Å². The molecule has 2 aromatic rings. The monoisotopic (exact) mass is 532 g/mol. The molecular formula is C24H26ClFN6O5. The number of aryl methyl sites for hydroxylation is 1. The van der Waals surface area contributed by atoms with Gasteiger partial charge in [-0.05, 0) is 38.5 Å². The number of anilines is 1. The summed E-state index contributed by atoms with van der Waals surface area (Å²) in [4.78, 5) is 44.1. The lowest BCUT2D eigenvalue weighted by atomic mass is 10.0. The third kappa shape index (κ3) is 4.15. The third-order valence-electron chi connectivity index (χ3n) is 7.08. The lowest BCUT2D eigenvalue weighted by Gasteiger charge is -2.38. The number of quaternary nitrogens is 1. The molecule has 2 aromatic heterocycles. The number of piperazine rings is 1. The Hall–Kier alpha value is -3.77. The Bertz CT molecular complexity index is 1490. The number of rotatable bonds is 4. The molecule has 0 radical (unpaired) electrons. The van der Waals surface area contributed by atoms with Crippen LogP contribution in [0.2, 0.25) is 0 Å². The molecule has 37 heavy (non-hydrogen) atoms. The number of aromatic nitrogens is 2. The second-order valence-electron chi connectivity index (χ2n) is 9.30. The van der Waals surface area contributed by atoms with E-state index < -0.39 is 28.7 Å². The number of hydrogen-bond acceptors (Lipinski definition) is 7. The maximum absolute atomic E-state index is 15.2. The average Bonchev–Trinajstić information content (AvgIpc) is 3.18. The predicted molar refractivity (Wildman–Crippen MR) is 129 cm³/mol. The molecule has 0 atom stereocenters. The number of fused-ring (bicyclic) bond motifs is 2. The van der Waals surface area contributed by atoms with Gasteiger partial charge in [-0.2, -0.15) is 4.59 Å². The van der Waals surface area contributed by atoms with E-state index in [-0.39, 0.29) is 34.8 Å². The van der Waals surface area contributed by atoms with Gasteiger partial charge in [0, 0.05) is 18.4 Å². The Morgan fingerprint density at radius 3 is 2.43 bits per heavy atom. The second kappa shape index (κ2) is 9.27. The molecule has 3 aliphatic heterocycles. The average molecular weight is 533 g/mol. The van der Waals surface area contributed by atoms with Crippen LogP contribution in [0.1, 0.15) is 31.1 Å². The van der Waals surface area contributed by atoms with E-state index in [1.807, 2.05) is 17.9 Å². The van der Waals surface area contributed by atoms with E-state index in [2.05, 4.69) is 4.98 Å². The van der Waals surface area contributed by atoms with Gasteiger partial charge < -0.3 is 32.1 Å². The summed E-state index contributed by atoms with van der Waals surface area (Å²) in [6.45, 7) is 8.17. The van der Waals surface area contributed by atoms with E-state index in [0.29, 0.717) is 55.4 Å². The van der Waals surface area contributed by atoms with Gasteiger partial charge in [0.15, 0.2) is 18.3 Å². The molecular weight excluding hydrogens is 507 g/mol. The molecule has 0 aromatic carbocycles. The molecule has 0 bridgehead atoms. The Labute approximate surface area is 217 Å². The number of nitrogens with zero attached hydrogens (tertiary/aromatic N) is 6. The highest BCUT2D eigenvalue weighted by Gasteiger charge is 2.46. The quantitative estimate of drug-likeness (QED) is 0.470. The minimum atomic E-state index is -1.37. The molecule has 0 unspecified atom stereocenters. The zero-order valence-corrected chi connectivity index (χ0v) is 21.3. The van der Waals surface area contributed by atoms with Crippen LogP contribution in [-0.4, -0.2) is 79.9 Å². The topological polar surface area (TPSA) is 128 Å². The molecule has 0 saturated carbocycles. The van der Waals surface area contributed by atoms with Gasteiger partial charge >= 0.3 is 11.9 Å². The van der Waals surface area contributed by atoms with Crippen LogP contribution in [0, 0.1) is 5.82 Å². The molecule has 1 saturated heterocycles. The predicted octanol–water partition coefficient (Wildman–Crippen LogP) is -1.20. The maximum Gasteiger partial charge on any atom is 0.341 e. The minimum Gasteiger partial charge on any atom is -1.00 e. The van der Waals surface area contributed by atoms with Gasteiger partial charge in [-0.15, -0.1) is 0 Å². The van der Waals surface area contributed by atoms with Crippen molar-refractivity contribution in [2.24, 2.45) is 5.10 Å². The number of pyridine rings is 2. The van der Waals surface area contributed by atoms with Gasteiger partial charge in [-0.1, -0.05) is 5.10 Å². The number of carboxylic acids is 2. The fourth-order valence-corrected chi connectivity index (χ4v) is 5.17. The SMILES string of the molecule is CCn1cc(C(=O)O)c(=O)c2cc(F)c(N3CC[N+]4(CC3)CN3C(C)=CC(C)=C(C(=O)O)C3=N4)nc21.[Cl-]. The van der Waals surface area contributed by atoms with Crippen molar-refractivity contribution in [2.75, 3.05) is 37.7 Å². The Morgan fingerprint density at radius 1 is 1.16 bits per heavy atom. The maximum atomic E-state index is 15.2. The fraction of sp³-hybridized carbons (Fsp3) is 0.375. The van der Waals surface area contributed by atoms with Gasteiger partial charge in [0.05, 0.1) is 18.5 Å². The molecule has 13 heteroatoms. The first kappa shape index (κ1) is 26.3. The summed E-state index contributed by atoms with van der Waals surface area (Å²) >= 11 is 0. The second-order valence-corrected chi connectivity index (χ2v) is 9.30. The molecule has 2 N–H and O–H groups in total. The van der Waals surface area contributed by atoms with Crippen LogP contribution < -0.4 is 22.7 Å². The number of aromatic carboxylic acids is 1. The summed E-state index contributed by atoms with van der Waals surface area (Å²) < 4.78 is 17.0. The zero-order chi connectivity index (χ0) is 25.9. The van der Waals surface area contributed by atoms with Gasteiger partial charge in [-0.3, -0.25) is 9.69 Å². The van der Waals surface area contributed by atoms with Crippen LogP contribution in [0.5, 0.6) is 0 Å². The van der Waals surface area contributed by atoms with Gasteiger partial charge in [0.2, 0.25) is 11.3 Å². The summed E-state index contributed by atoms with van der Waals surface area (Å²) in [7, 11) is 0. The number of amidine groups is 1. The van der Waals surface area contributed by atoms with Crippen molar-refractivity contribution in [3.05, 3.63) is 56.8 Å². The molecule has 196 valence electrons. The molecule has 1 fully saturated rings. The lowest BCUT2D eigenvalue weighted by Crippen LogP contribution is -3.00. The van der Waals surface area contributed by atoms with Crippen LogP contribution in [0.25, 0.3) is 11.0 Å².